The summed E-state index contributed by atoms with van der Waals surface area (Å²) < 4.78 is 11.1. The molecule has 0 spiro atoms. The first-order valence-electron chi connectivity index (χ1n) is 6.69. The predicted octanol–water partition coefficient (Wildman–Crippen LogP) is 2.84. The molecule has 0 aromatic heterocycles. The zero-order chi connectivity index (χ0) is 13.5. The number of ether oxygens (including phenoxy) is 2. The Bertz CT molecular complexity index is 193. The maximum absolute atomic E-state index is 5.62. The predicted molar refractivity (Wildman–Crippen MR) is 73.4 cm³/mol. The molecule has 104 valence electrons. The average molecular weight is 245 g/mol. The molecule has 0 aliphatic rings. The van der Waals surface area contributed by atoms with Crippen molar-refractivity contribution in [3.63, 3.8) is 0 Å². The van der Waals surface area contributed by atoms with Crippen molar-refractivity contribution in [2.45, 2.75) is 65.2 Å². The second-order valence-electron chi connectivity index (χ2n) is 5.61. The van der Waals surface area contributed by atoms with E-state index >= 15 is 0 Å². The van der Waals surface area contributed by atoms with E-state index in [1.165, 1.54) is 0 Å². The highest BCUT2D eigenvalue weighted by atomic mass is 16.5. The van der Waals surface area contributed by atoms with Crippen molar-refractivity contribution in [3.8, 4) is 0 Å². The second kappa shape index (κ2) is 8.06. The minimum Gasteiger partial charge on any atom is -0.380 e. The maximum Gasteiger partial charge on any atom is 0.0747 e. The molecule has 0 rings (SSSR count). The maximum atomic E-state index is 5.62. The Kier molecular flexibility index (Phi) is 8.01. The van der Waals surface area contributed by atoms with Crippen LogP contribution >= 0.6 is 0 Å². The molecule has 2 unspecified atom stereocenters. The smallest absolute Gasteiger partial charge is 0.0747 e. The van der Waals surface area contributed by atoms with Gasteiger partial charge in [0.2, 0.25) is 0 Å². The zero-order valence-electron chi connectivity index (χ0n) is 12.7. The Morgan fingerprint density at radius 1 is 1.18 bits per heavy atom. The lowest BCUT2D eigenvalue weighted by molar-refractivity contribution is -0.00538. The summed E-state index contributed by atoms with van der Waals surface area (Å²) in [6, 6.07) is 0.402. The summed E-state index contributed by atoms with van der Waals surface area (Å²) in [7, 11) is 3.58. The lowest BCUT2D eigenvalue weighted by Gasteiger charge is -2.32. The Balaban J connectivity index is 4.41. The molecule has 0 heterocycles. The Morgan fingerprint density at radius 3 is 2.12 bits per heavy atom. The minimum absolute atomic E-state index is 0.0526. The number of methoxy groups -OCH3 is 2. The summed E-state index contributed by atoms with van der Waals surface area (Å²) in [6.45, 7) is 11.8. The largest absolute Gasteiger partial charge is 0.380 e. The van der Waals surface area contributed by atoms with Crippen LogP contribution in [0.4, 0.5) is 0 Å². The van der Waals surface area contributed by atoms with Gasteiger partial charge in [0.25, 0.3) is 0 Å². The molecule has 0 saturated heterocycles. The zero-order valence-corrected chi connectivity index (χ0v) is 12.7. The normalized spacial score (nSPS) is 16.2. The van der Waals surface area contributed by atoms with E-state index in [1.807, 2.05) is 0 Å². The molecular weight excluding hydrogens is 214 g/mol. The van der Waals surface area contributed by atoms with Crippen molar-refractivity contribution in [2.24, 2.45) is 5.92 Å². The van der Waals surface area contributed by atoms with Crippen LogP contribution in [0.25, 0.3) is 0 Å². The summed E-state index contributed by atoms with van der Waals surface area (Å²) in [4.78, 5) is 0. The van der Waals surface area contributed by atoms with E-state index in [2.05, 4.69) is 39.9 Å². The first-order valence-corrected chi connectivity index (χ1v) is 6.69. The van der Waals surface area contributed by atoms with Gasteiger partial charge >= 0.3 is 0 Å². The van der Waals surface area contributed by atoms with Gasteiger partial charge in [-0.2, -0.15) is 0 Å². The van der Waals surface area contributed by atoms with Gasteiger partial charge in [-0.3, -0.25) is 0 Å². The molecule has 0 aromatic carbocycles. The van der Waals surface area contributed by atoms with Crippen LogP contribution in [0.15, 0.2) is 0 Å². The highest BCUT2D eigenvalue weighted by molar-refractivity contribution is 4.82. The quantitative estimate of drug-likeness (QED) is 0.677. The molecule has 0 amide bonds. The minimum atomic E-state index is -0.0526. The fraction of sp³-hybridized carbons (Fsp3) is 1.00. The topological polar surface area (TPSA) is 30.5 Å². The van der Waals surface area contributed by atoms with E-state index in [1.54, 1.807) is 14.2 Å². The van der Waals surface area contributed by atoms with Crippen LogP contribution in [0.1, 0.15) is 47.5 Å². The average Bonchev–Trinajstić information content (AvgIpc) is 2.26. The Labute approximate surface area is 107 Å². The van der Waals surface area contributed by atoms with Gasteiger partial charge in [-0.05, 0) is 39.2 Å². The van der Waals surface area contributed by atoms with E-state index in [9.17, 15) is 0 Å². The second-order valence-corrected chi connectivity index (χ2v) is 5.61. The molecule has 3 heteroatoms. The molecular formula is C14H31NO2. The lowest BCUT2D eigenvalue weighted by Crippen LogP contribution is -2.44. The molecule has 0 saturated carbocycles. The van der Waals surface area contributed by atoms with Crippen LogP contribution in [0.5, 0.6) is 0 Å². The molecule has 0 bridgehead atoms. The summed E-state index contributed by atoms with van der Waals surface area (Å²) in [5, 5.41) is 3.53. The van der Waals surface area contributed by atoms with Crippen LogP contribution in [-0.4, -0.2) is 38.5 Å². The first kappa shape index (κ1) is 16.9. The molecule has 1 N–H and O–H groups in total. The summed E-state index contributed by atoms with van der Waals surface area (Å²) in [5.41, 5.74) is -0.0526. The standard InChI is InChI=1S/C14H31NO2/c1-8-15-12(13(16-6)11(2)3)9-10-14(4,5)17-7/h11-13,15H,8-10H2,1-7H3. The van der Waals surface area contributed by atoms with Gasteiger partial charge in [0, 0.05) is 20.3 Å². The van der Waals surface area contributed by atoms with Crippen molar-refractivity contribution >= 4 is 0 Å². The first-order chi connectivity index (χ1) is 7.87. The molecule has 0 aromatic rings. The molecule has 0 fully saturated rings. The molecule has 0 radical (unpaired) electrons. The van der Waals surface area contributed by atoms with Crippen LogP contribution in [-0.2, 0) is 9.47 Å². The van der Waals surface area contributed by atoms with Gasteiger partial charge in [-0.25, -0.2) is 0 Å². The SMILES string of the molecule is CCNC(CCC(C)(C)OC)C(OC)C(C)C. The van der Waals surface area contributed by atoms with Crippen molar-refractivity contribution in [1.29, 1.82) is 0 Å². The van der Waals surface area contributed by atoms with Gasteiger partial charge in [0.1, 0.15) is 0 Å². The van der Waals surface area contributed by atoms with E-state index in [0.717, 1.165) is 19.4 Å². The Hall–Kier alpha value is -0.120. The number of likely N-dealkylation sites (N-methyl/N-ethyl adjacent to an activating group) is 1. The molecule has 17 heavy (non-hydrogen) atoms. The molecule has 2 atom stereocenters. The lowest BCUT2D eigenvalue weighted by atomic mass is 9.91. The van der Waals surface area contributed by atoms with Crippen molar-refractivity contribution in [2.75, 3.05) is 20.8 Å². The summed E-state index contributed by atoms with van der Waals surface area (Å²) in [5.74, 6) is 0.523. The third-order valence-electron chi connectivity index (χ3n) is 3.40. The van der Waals surface area contributed by atoms with Crippen LogP contribution in [0, 0.1) is 5.92 Å². The number of rotatable bonds is 9. The fourth-order valence-corrected chi connectivity index (χ4v) is 2.15. The monoisotopic (exact) mass is 245 g/mol. The van der Waals surface area contributed by atoms with E-state index < -0.39 is 0 Å². The van der Waals surface area contributed by atoms with Gasteiger partial charge < -0.3 is 14.8 Å². The van der Waals surface area contributed by atoms with Gasteiger partial charge in [0.15, 0.2) is 0 Å². The highest BCUT2D eigenvalue weighted by Crippen LogP contribution is 2.21. The van der Waals surface area contributed by atoms with Crippen LogP contribution in [0.2, 0.25) is 0 Å². The number of hydrogen-bond donors (Lipinski definition) is 1. The van der Waals surface area contributed by atoms with Crippen LogP contribution in [0.3, 0.4) is 0 Å². The Morgan fingerprint density at radius 2 is 1.76 bits per heavy atom. The van der Waals surface area contributed by atoms with Gasteiger partial charge in [-0.1, -0.05) is 20.8 Å². The van der Waals surface area contributed by atoms with E-state index in [4.69, 9.17) is 9.47 Å². The van der Waals surface area contributed by atoms with Crippen molar-refractivity contribution in [3.05, 3.63) is 0 Å². The van der Waals surface area contributed by atoms with E-state index in [-0.39, 0.29) is 11.7 Å². The number of nitrogens with one attached hydrogen (secondary N) is 1. The molecule has 0 aliphatic carbocycles. The third-order valence-corrected chi connectivity index (χ3v) is 3.40. The van der Waals surface area contributed by atoms with Crippen LogP contribution < -0.4 is 5.32 Å². The molecule has 3 nitrogen and oxygen atoms in total. The summed E-state index contributed by atoms with van der Waals surface area (Å²) >= 11 is 0. The molecule has 0 aliphatic heterocycles. The van der Waals surface area contributed by atoms with Crippen molar-refractivity contribution in [1.82, 2.24) is 5.32 Å². The van der Waals surface area contributed by atoms with Gasteiger partial charge in [0.05, 0.1) is 11.7 Å². The highest BCUT2D eigenvalue weighted by Gasteiger charge is 2.26. The summed E-state index contributed by atoms with van der Waals surface area (Å²) in [6.07, 6.45) is 2.38. The fourth-order valence-electron chi connectivity index (χ4n) is 2.15. The van der Waals surface area contributed by atoms with Crippen molar-refractivity contribution < 1.29 is 9.47 Å². The van der Waals surface area contributed by atoms with E-state index in [0.29, 0.717) is 12.0 Å². The third kappa shape index (κ3) is 6.39. The number of hydrogen-bond acceptors (Lipinski definition) is 3. The van der Waals surface area contributed by atoms with Gasteiger partial charge in [-0.15, -0.1) is 0 Å².